The molecule has 2 rings (SSSR count). The van der Waals surface area contributed by atoms with E-state index in [1.165, 1.54) is 0 Å². The van der Waals surface area contributed by atoms with E-state index in [0.717, 1.165) is 28.4 Å². The number of H-pyrrole nitrogens is 1. The molecule has 0 radical (unpaired) electrons. The smallest absolute Gasteiger partial charge is 0.166 e. The second-order valence-electron chi connectivity index (χ2n) is 3.81. The maximum atomic E-state index is 5.69. The summed E-state index contributed by atoms with van der Waals surface area (Å²) in [6, 6.07) is 5.83. The SMILES string of the molecule is CCC(CN)Sc1nc2ccc(OC)cc2[nH]1. The number of aromatic amines is 1. The highest BCUT2D eigenvalue weighted by molar-refractivity contribution is 7.99. The minimum Gasteiger partial charge on any atom is -0.497 e. The Bertz CT molecular complexity index is 493. The van der Waals surface area contributed by atoms with E-state index in [9.17, 15) is 0 Å². The molecule has 1 heterocycles. The average molecular weight is 251 g/mol. The van der Waals surface area contributed by atoms with Gasteiger partial charge in [-0.25, -0.2) is 4.98 Å². The number of rotatable bonds is 5. The fourth-order valence-electron chi connectivity index (χ4n) is 1.60. The zero-order valence-electron chi connectivity index (χ0n) is 10.1. The van der Waals surface area contributed by atoms with Crippen LogP contribution in [0, 0.1) is 0 Å². The van der Waals surface area contributed by atoms with Gasteiger partial charge in [0.15, 0.2) is 5.16 Å². The van der Waals surface area contributed by atoms with Gasteiger partial charge in [-0.2, -0.15) is 0 Å². The monoisotopic (exact) mass is 251 g/mol. The molecule has 0 saturated carbocycles. The van der Waals surface area contributed by atoms with Crippen LogP contribution in [0.1, 0.15) is 13.3 Å². The van der Waals surface area contributed by atoms with Gasteiger partial charge in [0.2, 0.25) is 0 Å². The molecule has 0 saturated heterocycles. The number of fused-ring (bicyclic) bond motifs is 1. The van der Waals surface area contributed by atoms with Crippen LogP contribution in [0.2, 0.25) is 0 Å². The Labute approximate surface area is 105 Å². The van der Waals surface area contributed by atoms with Crippen LogP contribution in [0.5, 0.6) is 5.75 Å². The molecule has 5 heteroatoms. The van der Waals surface area contributed by atoms with E-state index in [2.05, 4.69) is 16.9 Å². The second-order valence-corrected chi connectivity index (χ2v) is 5.10. The van der Waals surface area contributed by atoms with E-state index in [1.54, 1.807) is 18.9 Å². The highest BCUT2D eigenvalue weighted by atomic mass is 32.2. The van der Waals surface area contributed by atoms with Crippen molar-refractivity contribution in [3.05, 3.63) is 18.2 Å². The lowest BCUT2D eigenvalue weighted by Gasteiger charge is -2.08. The van der Waals surface area contributed by atoms with Gasteiger partial charge in [0.1, 0.15) is 5.75 Å². The number of hydrogen-bond acceptors (Lipinski definition) is 4. The third-order valence-electron chi connectivity index (χ3n) is 2.66. The van der Waals surface area contributed by atoms with Crippen molar-refractivity contribution in [1.82, 2.24) is 9.97 Å². The van der Waals surface area contributed by atoms with E-state index >= 15 is 0 Å². The molecule has 4 nitrogen and oxygen atoms in total. The molecule has 3 N–H and O–H groups in total. The Hall–Kier alpha value is -1.20. The Morgan fingerprint density at radius 3 is 3.00 bits per heavy atom. The number of benzene rings is 1. The molecule has 92 valence electrons. The van der Waals surface area contributed by atoms with Crippen LogP contribution in [0.15, 0.2) is 23.4 Å². The van der Waals surface area contributed by atoms with Crippen LogP contribution in [0.3, 0.4) is 0 Å². The predicted molar refractivity (Wildman–Crippen MR) is 71.6 cm³/mol. The van der Waals surface area contributed by atoms with Gasteiger partial charge in [0, 0.05) is 17.9 Å². The van der Waals surface area contributed by atoms with Crippen molar-refractivity contribution in [1.29, 1.82) is 0 Å². The third-order valence-corrected chi connectivity index (χ3v) is 3.94. The first-order valence-electron chi connectivity index (χ1n) is 5.67. The van der Waals surface area contributed by atoms with Crippen molar-refractivity contribution in [2.24, 2.45) is 5.73 Å². The van der Waals surface area contributed by atoms with Gasteiger partial charge in [-0.1, -0.05) is 18.7 Å². The van der Waals surface area contributed by atoms with Gasteiger partial charge in [0.05, 0.1) is 18.1 Å². The summed E-state index contributed by atoms with van der Waals surface area (Å²) >= 11 is 1.70. The lowest BCUT2D eigenvalue weighted by molar-refractivity contribution is 0.415. The van der Waals surface area contributed by atoms with E-state index in [4.69, 9.17) is 10.5 Å². The average Bonchev–Trinajstić information content (AvgIpc) is 2.76. The van der Waals surface area contributed by atoms with E-state index in [1.807, 2.05) is 18.2 Å². The largest absolute Gasteiger partial charge is 0.497 e. The molecule has 2 aromatic rings. The quantitative estimate of drug-likeness (QED) is 0.801. The molecule has 0 aliphatic heterocycles. The van der Waals surface area contributed by atoms with Crippen LogP contribution in [-0.4, -0.2) is 28.9 Å². The molecule has 1 atom stereocenters. The predicted octanol–water partition coefficient (Wildman–Crippen LogP) is 2.40. The Morgan fingerprint density at radius 2 is 2.35 bits per heavy atom. The van der Waals surface area contributed by atoms with Crippen molar-refractivity contribution < 1.29 is 4.74 Å². The number of nitrogens with one attached hydrogen (secondary N) is 1. The maximum Gasteiger partial charge on any atom is 0.166 e. The summed E-state index contributed by atoms with van der Waals surface area (Å²) in [4.78, 5) is 7.81. The highest BCUT2D eigenvalue weighted by Gasteiger charge is 2.10. The fourth-order valence-corrected chi connectivity index (χ4v) is 2.50. The molecular formula is C12H17N3OS. The normalized spacial score (nSPS) is 12.9. The summed E-state index contributed by atoms with van der Waals surface area (Å²) in [7, 11) is 1.66. The van der Waals surface area contributed by atoms with Crippen LogP contribution < -0.4 is 10.5 Å². The summed E-state index contributed by atoms with van der Waals surface area (Å²) in [6.07, 6.45) is 1.04. The number of methoxy groups -OCH3 is 1. The van der Waals surface area contributed by atoms with Crippen LogP contribution in [0.25, 0.3) is 11.0 Å². The van der Waals surface area contributed by atoms with E-state index in [-0.39, 0.29) is 0 Å². The lowest BCUT2D eigenvalue weighted by Crippen LogP contribution is -2.15. The first kappa shape index (κ1) is 12.3. The number of ether oxygens (including phenoxy) is 1. The highest BCUT2D eigenvalue weighted by Crippen LogP contribution is 2.26. The molecule has 17 heavy (non-hydrogen) atoms. The molecule has 0 aliphatic rings. The Kier molecular flexibility index (Phi) is 3.91. The molecule has 0 bridgehead atoms. The molecule has 0 fully saturated rings. The van der Waals surface area contributed by atoms with Crippen molar-refractivity contribution in [2.45, 2.75) is 23.8 Å². The number of aromatic nitrogens is 2. The topological polar surface area (TPSA) is 63.9 Å². The number of nitrogens with zero attached hydrogens (tertiary/aromatic N) is 1. The summed E-state index contributed by atoms with van der Waals surface area (Å²) < 4.78 is 5.18. The summed E-state index contributed by atoms with van der Waals surface area (Å²) in [5.41, 5.74) is 7.65. The summed E-state index contributed by atoms with van der Waals surface area (Å²) in [5.74, 6) is 0.837. The van der Waals surface area contributed by atoms with E-state index in [0.29, 0.717) is 11.8 Å². The molecule has 1 aromatic carbocycles. The van der Waals surface area contributed by atoms with Crippen molar-refractivity contribution in [2.75, 3.05) is 13.7 Å². The summed E-state index contributed by atoms with van der Waals surface area (Å²) in [6.45, 7) is 2.80. The molecule has 0 aliphatic carbocycles. The second kappa shape index (κ2) is 5.42. The molecule has 1 aromatic heterocycles. The van der Waals surface area contributed by atoms with E-state index < -0.39 is 0 Å². The number of imidazole rings is 1. The maximum absolute atomic E-state index is 5.69. The Balaban J connectivity index is 2.25. The first-order valence-corrected chi connectivity index (χ1v) is 6.55. The van der Waals surface area contributed by atoms with Gasteiger partial charge in [-0.05, 0) is 18.6 Å². The van der Waals surface area contributed by atoms with Gasteiger partial charge >= 0.3 is 0 Å². The number of thioether (sulfide) groups is 1. The standard InChI is InChI=1S/C12H17N3OS/c1-3-9(7-13)17-12-14-10-5-4-8(16-2)6-11(10)15-12/h4-6,9H,3,7,13H2,1-2H3,(H,14,15). The zero-order chi connectivity index (χ0) is 12.3. The van der Waals surface area contributed by atoms with Crippen LogP contribution in [0.4, 0.5) is 0 Å². The Morgan fingerprint density at radius 1 is 1.53 bits per heavy atom. The van der Waals surface area contributed by atoms with Crippen molar-refractivity contribution >= 4 is 22.8 Å². The number of hydrogen-bond donors (Lipinski definition) is 2. The van der Waals surface area contributed by atoms with Gasteiger partial charge in [0.25, 0.3) is 0 Å². The first-order chi connectivity index (χ1) is 8.26. The van der Waals surface area contributed by atoms with Gasteiger partial charge in [-0.3, -0.25) is 0 Å². The van der Waals surface area contributed by atoms with Crippen molar-refractivity contribution in [3.63, 3.8) is 0 Å². The molecule has 1 unspecified atom stereocenters. The molecular weight excluding hydrogens is 234 g/mol. The van der Waals surface area contributed by atoms with Crippen LogP contribution in [-0.2, 0) is 0 Å². The van der Waals surface area contributed by atoms with Crippen LogP contribution >= 0.6 is 11.8 Å². The third kappa shape index (κ3) is 2.73. The minimum absolute atomic E-state index is 0.414. The fraction of sp³-hybridized carbons (Fsp3) is 0.417. The molecule has 0 spiro atoms. The van der Waals surface area contributed by atoms with Gasteiger partial charge < -0.3 is 15.5 Å². The molecule has 0 amide bonds. The zero-order valence-corrected chi connectivity index (χ0v) is 10.9. The minimum atomic E-state index is 0.414. The lowest BCUT2D eigenvalue weighted by atomic mass is 10.3. The number of nitrogens with two attached hydrogens (primary N) is 1. The van der Waals surface area contributed by atoms with Gasteiger partial charge in [-0.15, -0.1) is 0 Å². The van der Waals surface area contributed by atoms with Crippen molar-refractivity contribution in [3.8, 4) is 5.75 Å². The summed E-state index contributed by atoms with van der Waals surface area (Å²) in [5, 5.41) is 1.34.